The molecule has 7 heteroatoms. The van der Waals surface area contributed by atoms with E-state index in [2.05, 4.69) is 17.0 Å². The van der Waals surface area contributed by atoms with Crippen LogP contribution in [0.3, 0.4) is 0 Å². The Bertz CT molecular complexity index is 911. The molecule has 1 atom stereocenters. The van der Waals surface area contributed by atoms with Crippen LogP contribution in [0.5, 0.6) is 0 Å². The van der Waals surface area contributed by atoms with Gasteiger partial charge >= 0.3 is 5.97 Å². The van der Waals surface area contributed by atoms with Gasteiger partial charge in [-0.05, 0) is 42.3 Å². The third kappa shape index (κ3) is 4.17. The molecule has 1 saturated heterocycles. The quantitative estimate of drug-likeness (QED) is 0.777. The van der Waals surface area contributed by atoms with Crippen LogP contribution in [0.1, 0.15) is 29.3 Å². The second kappa shape index (κ2) is 8.44. The highest BCUT2D eigenvalue weighted by atomic mass is 35.5. The lowest BCUT2D eigenvalue weighted by Crippen LogP contribution is -2.28. The van der Waals surface area contributed by atoms with Gasteiger partial charge in [-0.3, -0.25) is 9.59 Å². The zero-order valence-corrected chi connectivity index (χ0v) is 16.5. The summed E-state index contributed by atoms with van der Waals surface area (Å²) < 4.78 is 4.68. The fraction of sp³-hybridized carbons (Fsp3) is 0.286. The number of anilines is 2. The van der Waals surface area contributed by atoms with Crippen molar-refractivity contribution in [3.63, 3.8) is 0 Å². The molecule has 0 aliphatic carbocycles. The molecule has 3 rings (SSSR count). The van der Waals surface area contributed by atoms with Crippen LogP contribution in [0, 0.1) is 5.92 Å². The van der Waals surface area contributed by atoms with Crippen molar-refractivity contribution < 1.29 is 19.1 Å². The molecular formula is C21H21ClN2O4. The summed E-state index contributed by atoms with van der Waals surface area (Å²) in [7, 11) is 1.28. The highest BCUT2D eigenvalue weighted by Gasteiger charge is 2.35. The number of halogens is 1. The topological polar surface area (TPSA) is 75.7 Å². The summed E-state index contributed by atoms with van der Waals surface area (Å²) in [6, 6.07) is 12.3. The lowest BCUT2D eigenvalue weighted by atomic mass is 10.1. The van der Waals surface area contributed by atoms with Crippen molar-refractivity contribution in [1.29, 1.82) is 0 Å². The zero-order chi connectivity index (χ0) is 20.3. The van der Waals surface area contributed by atoms with Crippen LogP contribution in [0.4, 0.5) is 11.4 Å². The average Bonchev–Trinajstić information content (AvgIpc) is 3.11. The van der Waals surface area contributed by atoms with E-state index >= 15 is 0 Å². The molecule has 2 amide bonds. The molecule has 2 aromatic carbocycles. The maximum absolute atomic E-state index is 12.7. The first-order valence-corrected chi connectivity index (χ1v) is 9.38. The van der Waals surface area contributed by atoms with Crippen LogP contribution in [-0.2, 0) is 20.7 Å². The number of ether oxygens (including phenoxy) is 1. The molecule has 1 unspecified atom stereocenters. The van der Waals surface area contributed by atoms with Gasteiger partial charge in [0.25, 0.3) is 0 Å². The van der Waals surface area contributed by atoms with Crippen molar-refractivity contribution in [3.8, 4) is 0 Å². The first-order chi connectivity index (χ1) is 13.4. The fourth-order valence-electron chi connectivity index (χ4n) is 3.15. The predicted octanol–water partition coefficient (Wildman–Crippen LogP) is 3.68. The minimum absolute atomic E-state index is 0.0983. The van der Waals surface area contributed by atoms with E-state index in [9.17, 15) is 14.4 Å². The summed E-state index contributed by atoms with van der Waals surface area (Å²) in [5.74, 6) is -1.44. The van der Waals surface area contributed by atoms with Gasteiger partial charge in [0.15, 0.2) is 0 Å². The Labute approximate surface area is 168 Å². The molecule has 1 N–H and O–H groups in total. The molecule has 28 heavy (non-hydrogen) atoms. The number of methoxy groups -OCH3 is 1. The Balaban J connectivity index is 1.72. The van der Waals surface area contributed by atoms with Crippen molar-refractivity contribution in [2.24, 2.45) is 5.92 Å². The van der Waals surface area contributed by atoms with E-state index in [0.29, 0.717) is 17.3 Å². The maximum atomic E-state index is 12.7. The fourth-order valence-corrected chi connectivity index (χ4v) is 3.31. The van der Waals surface area contributed by atoms with Gasteiger partial charge in [0.05, 0.1) is 29.3 Å². The van der Waals surface area contributed by atoms with Crippen molar-refractivity contribution in [2.75, 3.05) is 23.9 Å². The Morgan fingerprint density at radius 3 is 2.57 bits per heavy atom. The number of benzene rings is 2. The minimum atomic E-state index is -0.523. The number of nitrogens with one attached hydrogen (secondary N) is 1. The molecule has 2 aromatic rings. The number of esters is 1. The maximum Gasteiger partial charge on any atom is 0.337 e. The number of aryl methyl sites for hydroxylation is 1. The van der Waals surface area contributed by atoms with Gasteiger partial charge in [-0.25, -0.2) is 4.79 Å². The van der Waals surface area contributed by atoms with Gasteiger partial charge in [0, 0.05) is 18.7 Å². The van der Waals surface area contributed by atoms with E-state index in [1.165, 1.54) is 30.9 Å². The van der Waals surface area contributed by atoms with Crippen molar-refractivity contribution in [3.05, 3.63) is 58.6 Å². The highest BCUT2D eigenvalue weighted by molar-refractivity contribution is 6.34. The van der Waals surface area contributed by atoms with E-state index < -0.39 is 11.9 Å². The molecule has 0 aromatic heterocycles. The molecule has 0 saturated carbocycles. The van der Waals surface area contributed by atoms with E-state index in [0.717, 1.165) is 12.1 Å². The minimum Gasteiger partial charge on any atom is -0.465 e. The van der Waals surface area contributed by atoms with Crippen LogP contribution in [-0.4, -0.2) is 31.4 Å². The van der Waals surface area contributed by atoms with Gasteiger partial charge in [0.1, 0.15) is 0 Å². The predicted molar refractivity (Wildman–Crippen MR) is 108 cm³/mol. The Kier molecular flexibility index (Phi) is 5.99. The van der Waals surface area contributed by atoms with Gasteiger partial charge in [-0.15, -0.1) is 0 Å². The highest BCUT2D eigenvalue weighted by Crippen LogP contribution is 2.28. The molecule has 0 spiro atoms. The number of hydrogen-bond acceptors (Lipinski definition) is 4. The lowest BCUT2D eigenvalue weighted by molar-refractivity contribution is -0.122. The Hall–Kier alpha value is -2.86. The number of nitrogens with zero attached hydrogens (tertiary/aromatic N) is 1. The summed E-state index contributed by atoms with van der Waals surface area (Å²) in [5.41, 5.74) is 2.56. The monoisotopic (exact) mass is 400 g/mol. The molecule has 1 aliphatic heterocycles. The SMILES string of the molecule is CCc1ccc(N2CC(C(=O)Nc3cc(C(=O)OC)ccc3Cl)CC2=O)cc1. The summed E-state index contributed by atoms with van der Waals surface area (Å²) in [5, 5.41) is 3.03. The number of carbonyl (C=O) groups excluding carboxylic acids is 3. The third-order valence-electron chi connectivity index (χ3n) is 4.80. The smallest absolute Gasteiger partial charge is 0.337 e. The average molecular weight is 401 g/mol. The van der Waals surface area contributed by atoms with Crippen molar-refractivity contribution in [2.45, 2.75) is 19.8 Å². The standard InChI is InChI=1S/C21H21ClN2O4/c1-3-13-4-7-16(8-5-13)24-12-15(11-19(24)25)20(26)23-18-10-14(21(27)28-2)6-9-17(18)22/h4-10,15H,3,11-12H2,1-2H3,(H,23,26). The van der Waals surface area contributed by atoms with Crippen LogP contribution in [0.2, 0.25) is 5.02 Å². The molecule has 0 radical (unpaired) electrons. The molecule has 0 bridgehead atoms. The second-order valence-corrected chi connectivity index (χ2v) is 7.01. The normalized spacial score (nSPS) is 16.2. The molecule has 6 nitrogen and oxygen atoms in total. The molecule has 1 heterocycles. The van der Waals surface area contributed by atoms with Gasteiger partial charge in [0.2, 0.25) is 11.8 Å². The van der Waals surface area contributed by atoms with E-state index in [1.807, 2.05) is 24.3 Å². The van der Waals surface area contributed by atoms with E-state index in [4.69, 9.17) is 11.6 Å². The molecule has 1 aliphatic rings. The second-order valence-electron chi connectivity index (χ2n) is 6.60. The van der Waals surface area contributed by atoms with E-state index in [1.54, 1.807) is 4.90 Å². The molecular weight excluding hydrogens is 380 g/mol. The first-order valence-electron chi connectivity index (χ1n) is 9.01. The van der Waals surface area contributed by atoms with Gasteiger partial charge < -0.3 is 15.0 Å². The number of amides is 2. The largest absolute Gasteiger partial charge is 0.465 e. The van der Waals surface area contributed by atoms with Gasteiger partial charge in [-0.2, -0.15) is 0 Å². The number of rotatable bonds is 5. The Morgan fingerprint density at radius 1 is 1.21 bits per heavy atom. The summed E-state index contributed by atoms with van der Waals surface area (Å²) in [6.07, 6.45) is 1.04. The van der Waals surface area contributed by atoms with E-state index in [-0.39, 0.29) is 23.8 Å². The zero-order valence-electron chi connectivity index (χ0n) is 15.7. The summed E-state index contributed by atoms with van der Waals surface area (Å²) in [4.78, 5) is 38.4. The van der Waals surface area contributed by atoms with Crippen molar-refractivity contribution in [1.82, 2.24) is 0 Å². The van der Waals surface area contributed by atoms with Gasteiger partial charge in [-0.1, -0.05) is 30.7 Å². The van der Waals surface area contributed by atoms with Crippen LogP contribution < -0.4 is 10.2 Å². The Morgan fingerprint density at radius 2 is 1.93 bits per heavy atom. The molecule has 146 valence electrons. The summed E-state index contributed by atoms with van der Waals surface area (Å²) >= 11 is 6.13. The lowest BCUT2D eigenvalue weighted by Gasteiger charge is -2.17. The number of hydrogen-bond donors (Lipinski definition) is 1. The van der Waals surface area contributed by atoms with Crippen LogP contribution >= 0.6 is 11.6 Å². The van der Waals surface area contributed by atoms with Crippen molar-refractivity contribution >= 4 is 40.8 Å². The number of carbonyl (C=O) groups is 3. The molecule has 1 fully saturated rings. The van der Waals surface area contributed by atoms with Crippen LogP contribution in [0.15, 0.2) is 42.5 Å². The summed E-state index contributed by atoms with van der Waals surface area (Å²) in [6.45, 7) is 2.36. The first kappa shape index (κ1) is 19.9. The van der Waals surface area contributed by atoms with Crippen LogP contribution in [0.25, 0.3) is 0 Å². The third-order valence-corrected chi connectivity index (χ3v) is 5.13.